The molecule has 5 nitrogen and oxygen atoms in total. The van der Waals surface area contributed by atoms with Crippen LogP contribution in [0.2, 0.25) is 0 Å². The lowest BCUT2D eigenvalue weighted by Gasteiger charge is -2.04. The fourth-order valence-electron chi connectivity index (χ4n) is 1.91. The maximum absolute atomic E-state index is 11.4. The number of carboxylic acid groups (broad SMARTS) is 1. The molecule has 2 rings (SSSR count). The Morgan fingerprint density at radius 1 is 0.955 bits per heavy atom. The van der Waals surface area contributed by atoms with E-state index in [1.165, 1.54) is 37.5 Å². The Kier molecular flexibility index (Phi) is 4.58. The van der Waals surface area contributed by atoms with Gasteiger partial charge in [0.25, 0.3) is 0 Å². The van der Waals surface area contributed by atoms with E-state index in [1.54, 1.807) is 24.3 Å². The molecule has 0 unspecified atom stereocenters. The van der Waals surface area contributed by atoms with Crippen LogP contribution in [0.3, 0.4) is 0 Å². The lowest BCUT2D eigenvalue weighted by atomic mass is 10.0. The number of esters is 1. The second kappa shape index (κ2) is 6.58. The third kappa shape index (κ3) is 3.52. The molecule has 0 bridgehead atoms. The van der Waals surface area contributed by atoms with Gasteiger partial charge in [0, 0.05) is 0 Å². The van der Waals surface area contributed by atoms with Crippen LogP contribution >= 0.6 is 0 Å². The van der Waals surface area contributed by atoms with Crippen LogP contribution < -0.4 is 0 Å². The largest absolute Gasteiger partial charge is 0.508 e. The fraction of sp³-hybridized carbons (Fsp3) is 0.0588. The summed E-state index contributed by atoms with van der Waals surface area (Å²) in [6.07, 6.45) is 1.50. The number of phenolic OH excluding ortho intramolecular Hbond substituents is 1. The molecule has 22 heavy (non-hydrogen) atoms. The van der Waals surface area contributed by atoms with E-state index in [9.17, 15) is 19.8 Å². The number of phenols is 1. The second-order valence-corrected chi connectivity index (χ2v) is 4.52. The molecule has 0 saturated carbocycles. The van der Waals surface area contributed by atoms with Gasteiger partial charge in [-0.3, -0.25) is 0 Å². The predicted octanol–water partition coefficient (Wildman–Crippen LogP) is 2.80. The minimum absolute atomic E-state index is 0.0657. The summed E-state index contributed by atoms with van der Waals surface area (Å²) in [5, 5.41) is 18.6. The van der Waals surface area contributed by atoms with Crippen molar-refractivity contribution in [2.24, 2.45) is 0 Å². The first-order valence-electron chi connectivity index (χ1n) is 6.44. The quantitative estimate of drug-likeness (QED) is 0.515. The molecule has 0 aliphatic rings. The molecule has 0 aromatic heterocycles. The molecule has 2 aromatic carbocycles. The average molecular weight is 298 g/mol. The smallest absolute Gasteiger partial charge is 0.337 e. The summed E-state index contributed by atoms with van der Waals surface area (Å²) in [6.45, 7) is 0. The van der Waals surface area contributed by atoms with Crippen LogP contribution in [0.15, 0.2) is 48.5 Å². The normalized spacial score (nSPS) is 11.0. The summed E-state index contributed by atoms with van der Waals surface area (Å²) in [5.41, 5.74) is 1.59. The number of hydrogen-bond acceptors (Lipinski definition) is 4. The average Bonchev–Trinajstić information content (AvgIpc) is 2.53. The van der Waals surface area contributed by atoms with Gasteiger partial charge in [0.05, 0.1) is 18.2 Å². The fourth-order valence-corrected chi connectivity index (χ4v) is 1.91. The van der Waals surface area contributed by atoms with E-state index in [2.05, 4.69) is 4.74 Å². The summed E-state index contributed by atoms with van der Waals surface area (Å²) in [7, 11) is 1.30. The molecular weight excluding hydrogens is 284 g/mol. The molecule has 0 aliphatic heterocycles. The molecule has 0 amide bonds. The Morgan fingerprint density at radius 2 is 1.50 bits per heavy atom. The first kappa shape index (κ1) is 15.3. The highest BCUT2D eigenvalue weighted by molar-refractivity contribution is 6.20. The minimum atomic E-state index is -1.08. The van der Waals surface area contributed by atoms with Crippen LogP contribution in [0.25, 0.3) is 11.6 Å². The number of hydrogen-bond donors (Lipinski definition) is 2. The van der Waals surface area contributed by atoms with Gasteiger partial charge in [-0.1, -0.05) is 24.3 Å². The summed E-state index contributed by atoms with van der Waals surface area (Å²) in [4.78, 5) is 22.8. The lowest BCUT2D eigenvalue weighted by molar-refractivity contribution is -0.130. The van der Waals surface area contributed by atoms with Gasteiger partial charge in [-0.25, -0.2) is 9.59 Å². The zero-order chi connectivity index (χ0) is 16.1. The van der Waals surface area contributed by atoms with Gasteiger partial charge in [0.15, 0.2) is 0 Å². The van der Waals surface area contributed by atoms with Gasteiger partial charge in [-0.15, -0.1) is 0 Å². The van der Waals surface area contributed by atoms with Crippen LogP contribution in [0, 0.1) is 0 Å². The molecule has 2 N–H and O–H groups in total. The number of benzene rings is 2. The van der Waals surface area contributed by atoms with Crippen LogP contribution in [-0.4, -0.2) is 29.3 Å². The van der Waals surface area contributed by atoms with Crippen molar-refractivity contribution in [3.05, 3.63) is 65.2 Å². The summed E-state index contributed by atoms with van der Waals surface area (Å²) < 4.78 is 4.60. The number of aliphatic carboxylic acids is 1. The molecule has 0 spiro atoms. The second-order valence-electron chi connectivity index (χ2n) is 4.52. The van der Waals surface area contributed by atoms with Crippen molar-refractivity contribution in [3.63, 3.8) is 0 Å². The van der Waals surface area contributed by atoms with Crippen LogP contribution in [0.1, 0.15) is 21.5 Å². The zero-order valence-electron chi connectivity index (χ0n) is 11.8. The Balaban J connectivity index is 2.36. The molecule has 0 atom stereocenters. The van der Waals surface area contributed by atoms with Crippen molar-refractivity contribution in [1.82, 2.24) is 0 Å². The van der Waals surface area contributed by atoms with Crippen molar-refractivity contribution in [2.75, 3.05) is 7.11 Å². The van der Waals surface area contributed by atoms with Gasteiger partial charge >= 0.3 is 11.9 Å². The van der Waals surface area contributed by atoms with Crippen molar-refractivity contribution in [1.29, 1.82) is 0 Å². The number of aromatic hydroxyl groups is 1. The number of carbonyl (C=O) groups excluding carboxylic acids is 1. The monoisotopic (exact) mass is 298 g/mol. The molecule has 5 heteroatoms. The van der Waals surface area contributed by atoms with E-state index in [4.69, 9.17) is 0 Å². The molecule has 0 radical (unpaired) electrons. The first-order valence-corrected chi connectivity index (χ1v) is 6.44. The molecular formula is C17H14O5. The first-order chi connectivity index (χ1) is 10.5. The van der Waals surface area contributed by atoms with Gasteiger partial charge in [0.1, 0.15) is 5.75 Å². The summed E-state index contributed by atoms with van der Waals surface area (Å²) >= 11 is 0. The highest BCUT2D eigenvalue weighted by Gasteiger charge is 2.11. The zero-order valence-corrected chi connectivity index (χ0v) is 11.8. The maximum atomic E-state index is 11.4. The summed E-state index contributed by atoms with van der Waals surface area (Å²) in [6, 6.07) is 12.3. The van der Waals surface area contributed by atoms with Gasteiger partial charge in [0.2, 0.25) is 0 Å². The Hall–Kier alpha value is -3.08. The SMILES string of the molecule is COC(=O)c1ccc(/C=C(\C(=O)O)c2ccc(O)cc2)cc1. The number of carboxylic acids is 1. The standard InChI is InChI=1S/C17H14O5/c1-22-17(21)13-4-2-11(3-5-13)10-15(16(19)20)12-6-8-14(18)9-7-12/h2-10,18H,1H3,(H,19,20)/b15-10-. The molecule has 2 aromatic rings. The van der Waals surface area contributed by atoms with E-state index < -0.39 is 11.9 Å². The number of ether oxygens (including phenoxy) is 1. The van der Waals surface area contributed by atoms with E-state index in [-0.39, 0.29) is 11.3 Å². The lowest BCUT2D eigenvalue weighted by Crippen LogP contribution is -2.01. The Labute approximate surface area is 127 Å². The van der Waals surface area contributed by atoms with Gasteiger partial charge < -0.3 is 14.9 Å². The van der Waals surface area contributed by atoms with Gasteiger partial charge in [-0.2, -0.15) is 0 Å². The maximum Gasteiger partial charge on any atom is 0.337 e. The predicted molar refractivity (Wildman–Crippen MR) is 81.4 cm³/mol. The molecule has 0 fully saturated rings. The van der Waals surface area contributed by atoms with Crippen molar-refractivity contribution >= 4 is 23.6 Å². The third-order valence-electron chi connectivity index (χ3n) is 3.05. The van der Waals surface area contributed by atoms with Crippen LogP contribution in [0.4, 0.5) is 0 Å². The van der Waals surface area contributed by atoms with E-state index in [0.29, 0.717) is 16.7 Å². The number of carbonyl (C=O) groups is 2. The Bertz CT molecular complexity index is 712. The van der Waals surface area contributed by atoms with Crippen LogP contribution in [0.5, 0.6) is 5.75 Å². The number of rotatable bonds is 4. The molecule has 112 valence electrons. The highest BCUT2D eigenvalue weighted by atomic mass is 16.5. The minimum Gasteiger partial charge on any atom is -0.508 e. The van der Waals surface area contributed by atoms with Crippen molar-refractivity contribution < 1.29 is 24.5 Å². The van der Waals surface area contributed by atoms with Gasteiger partial charge in [-0.05, 0) is 41.5 Å². The molecule has 0 heterocycles. The van der Waals surface area contributed by atoms with Crippen molar-refractivity contribution in [3.8, 4) is 5.75 Å². The van der Waals surface area contributed by atoms with E-state index in [1.807, 2.05) is 0 Å². The van der Waals surface area contributed by atoms with Crippen LogP contribution in [-0.2, 0) is 9.53 Å². The van der Waals surface area contributed by atoms with E-state index in [0.717, 1.165) is 0 Å². The number of methoxy groups -OCH3 is 1. The van der Waals surface area contributed by atoms with Crippen molar-refractivity contribution in [2.45, 2.75) is 0 Å². The molecule has 0 aliphatic carbocycles. The van der Waals surface area contributed by atoms with E-state index >= 15 is 0 Å². The highest BCUT2D eigenvalue weighted by Crippen LogP contribution is 2.21. The Morgan fingerprint density at radius 3 is 2.00 bits per heavy atom. The third-order valence-corrected chi connectivity index (χ3v) is 3.05. The summed E-state index contributed by atoms with van der Waals surface area (Å²) in [5.74, 6) is -1.47. The molecule has 0 saturated heterocycles. The topological polar surface area (TPSA) is 83.8 Å².